The van der Waals surface area contributed by atoms with Crippen molar-refractivity contribution in [2.24, 2.45) is 5.92 Å². The van der Waals surface area contributed by atoms with E-state index in [1.54, 1.807) is 13.8 Å². The molecule has 0 spiro atoms. The second-order valence-electron chi connectivity index (χ2n) is 2.60. The minimum Gasteiger partial charge on any atom is -0.465 e. The summed E-state index contributed by atoms with van der Waals surface area (Å²) < 4.78 is 9.49. The standard InChI is InChI=1S/C11H16O4/c1-4-7-8-9(10(12)14-5-2)11(13)15-6-3/h4,7-9H,1,5-6H2,2-3H3/b8-7+. The highest BCUT2D eigenvalue weighted by atomic mass is 16.6. The lowest BCUT2D eigenvalue weighted by Gasteiger charge is -2.10. The lowest BCUT2D eigenvalue weighted by Crippen LogP contribution is -2.26. The van der Waals surface area contributed by atoms with Crippen LogP contribution in [0.25, 0.3) is 0 Å². The number of allylic oxidation sites excluding steroid dienone is 2. The minimum atomic E-state index is -0.997. The number of carbonyl (C=O) groups excluding carboxylic acids is 2. The Morgan fingerprint density at radius 3 is 2.00 bits per heavy atom. The largest absolute Gasteiger partial charge is 0.465 e. The molecular formula is C11H16O4. The average molecular weight is 212 g/mol. The molecule has 0 aromatic carbocycles. The molecule has 4 nitrogen and oxygen atoms in total. The first-order chi connectivity index (χ1) is 7.17. The van der Waals surface area contributed by atoms with Gasteiger partial charge in [0.25, 0.3) is 0 Å². The van der Waals surface area contributed by atoms with Crippen molar-refractivity contribution in [3.8, 4) is 0 Å². The van der Waals surface area contributed by atoms with E-state index in [9.17, 15) is 9.59 Å². The van der Waals surface area contributed by atoms with Crippen LogP contribution in [-0.2, 0) is 19.1 Å². The van der Waals surface area contributed by atoms with Crippen molar-refractivity contribution in [2.45, 2.75) is 13.8 Å². The normalized spacial score (nSPS) is 10.3. The lowest BCUT2D eigenvalue weighted by molar-refractivity contribution is -0.158. The molecule has 0 aliphatic heterocycles. The Kier molecular flexibility index (Phi) is 6.97. The molecular weight excluding hydrogens is 196 g/mol. The third kappa shape index (κ3) is 5.00. The van der Waals surface area contributed by atoms with Crippen LogP contribution in [0.2, 0.25) is 0 Å². The van der Waals surface area contributed by atoms with E-state index in [0.29, 0.717) is 0 Å². The van der Waals surface area contributed by atoms with E-state index < -0.39 is 17.9 Å². The molecule has 0 atom stereocenters. The van der Waals surface area contributed by atoms with Crippen LogP contribution in [0.5, 0.6) is 0 Å². The van der Waals surface area contributed by atoms with Crippen molar-refractivity contribution in [2.75, 3.05) is 13.2 Å². The van der Waals surface area contributed by atoms with E-state index in [-0.39, 0.29) is 13.2 Å². The number of carbonyl (C=O) groups is 2. The van der Waals surface area contributed by atoms with Gasteiger partial charge in [-0.1, -0.05) is 24.8 Å². The van der Waals surface area contributed by atoms with Gasteiger partial charge in [0.15, 0.2) is 5.92 Å². The molecule has 84 valence electrons. The second-order valence-corrected chi connectivity index (χ2v) is 2.60. The van der Waals surface area contributed by atoms with Crippen molar-refractivity contribution >= 4 is 11.9 Å². The molecule has 15 heavy (non-hydrogen) atoms. The predicted molar refractivity (Wildman–Crippen MR) is 56.1 cm³/mol. The van der Waals surface area contributed by atoms with Crippen molar-refractivity contribution in [3.63, 3.8) is 0 Å². The molecule has 0 aromatic heterocycles. The quantitative estimate of drug-likeness (QED) is 0.380. The number of ether oxygens (including phenoxy) is 2. The predicted octanol–water partition coefficient (Wildman–Crippen LogP) is 1.47. The Hall–Kier alpha value is -1.58. The molecule has 0 saturated carbocycles. The van der Waals surface area contributed by atoms with E-state index in [1.165, 1.54) is 18.2 Å². The highest BCUT2D eigenvalue weighted by Gasteiger charge is 2.26. The Bertz CT molecular complexity index is 237. The van der Waals surface area contributed by atoms with Gasteiger partial charge in [-0.2, -0.15) is 0 Å². The molecule has 0 unspecified atom stereocenters. The number of hydrogen-bond donors (Lipinski definition) is 0. The minimum absolute atomic E-state index is 0.233. The topological polar surface area (TPSA) is 52.6 Å². The van der Waals surface area contributed by atoms with Crippen LogP contribution < -0.4 is 0 Å². The van der Waals surface area contributed by atoms with E-state index in [1.807, 2.05) is 0 Å². The van der Waals surface area contributed by atoms with E-state index in [0.717, 1.165) is 0 Å². The molecule has 0 N–H and O–H groups in total. The first kappa shape index (κ1) is 13.4. The molecule has 0 saturated heterocycles. The zero-order valence-corrected chi connectivity index (χ0v) is 9.06. The maximum Gasteiger partial charge on any atom is 0.324 e. The Morgan fingerprint density at radius 2 is 1.67 bits per heavy atom. The van der Waals surface area contributed by atoms with Crippen LogP contribution >= 0.6 is 0 Å². The first-order valence-corrected chi connectivity index (χ1v) is 4.79. The van der Waals surface area contributed by atoms with Gasteiger partial charge in [-0.3, -0.25) is 9.59 Å². The van der Waals surface area contributed by atoms with Crippen molar-refractivity contribution < 1.29 is 19.1 Å². The molecule has 0 bridgehead atoms. The average Bonchev–Trinajstić information content (AvgIpc) is 2.19. The third-order valence-electron chi connectivity index (χ3n) is 1.52. The molecule has 0 radical (unpaired) electrons. The van der Waals surface area contributed by atoms with E-state index in [4.69, 9.17) is 9.47 Å². The third-order valence-corrected chi connectivity index (χ3v) is 1.52. The van der Waals surface area contributed by atoms with Crippen LogP contribution in [0.1, 0.15) is 13.8 Å². The summed E-state index contributed by atoms with van der Waals surface area (Å²) in [5, 5.41) is 0. The molecule has 0 rings (SSSR count). The summed E-state index contributed by atoms with van der Waals surface area (Å²) in [6, 6.07) is 0. The van der Waals surface area contributed by atoms with Crippen LogP contribution in [0.15, 0.2) is 24.8 Å². The maximum absolute atomic E-state index is 11.4. The smallest absolute Gasteiger partial charge is 0.324 e. The summed E-state index contributed by atoms with van der Waals surface area (Å²) in [5.41, 5.74) is 0. The monoisotopic (exact) mass is 212 g/mol. The molecule has 0 aromatic rings. The van der Waals surface area contributed by atoms with Crippen LogP contribution in [0.3, 0.4) is 0 Å². The van der Waals surface area contributed by atoms with Gasteiger partial charge in [0, 0.05) is 0 Å². The summed E-state index contributed by atoms with van der Waals surface area (Å²) in [4.78, 5) is 22.7. The number of hydrogen-bond acceptors (Lipinski definition) is 4. The molecule has 0 fully saturated rings. The summed E-state index contributed by atoms with van der Waals surface area (Å²) in [6.07, 6.45) is 4.40. The van der Waals surface area contributed by atoms with Crippen LogP contribution in [-0.4, -0.2) is 25.2 Å². The highest BCUT2D eigenvalue weighted by Crippen LogP contribution is 2.05. The van der Waals surface area contributed by atoms with Crippen LogP contribution in [0.4, 0.5) is 0 Å². The highest BCUT2D eigenvalue weighted by molar-refractivity contribution is 5.97. The lowest BCUT2D eigenvalue weighted by atomic mass is 10.1. The van der Waals surface area contributed by atoms with Gasteiger partial charge in [-0.05, 0) is 13.8 Å². The zero-order valence-electron chi connectivity index (χ0n) is 9.06. The Balaban J connectivity index is 4.55. The zero-order chi connectivity index (χ0) is 11.7. The summed E-state index contributed by atoms with van der Waals surface area (Å²) in [6.45, 7) is 7.27. The molecule has 4 heteroatoms. The molecule has 0 aliphatic rings. The van der Waals surface area contributed by atoms with Crippen molar-refractivity contribution in [1.82, 2.24) is 0 Å². The van der Waals surface area contributed by atoms with E-state index in [2.05, 4.69) is 6.58 Å². The fraction of sp³-hybridized carbons (Fsp3) is 0.455. The van der Waals surface area contributed by atoms with E-state index >= 15 is 0 Å². The van der Waals surface area contributed by atoms with Gasteiger partial charge in [0.2, 0.25) is 0 Å². The number of rotatable bonds is 6. The maximum atomic E-state index is 11.4. The summed E-state index contributed by atoms with van der Waals surface area (Å²) in [5.74, 6) is -2.20. The molecule has 0 aliphatic carbocycles. The molecule has 0 heterocycles. The Morgan fingerprint density at radius 1 is 1.20 bits per heavy atom. The van der Waals surface area contributed by atoms with Gasteiger partial charge >= 0.3 is 11.9 Å². The summed E-state index contributed by atoms with van der Waals surface area (Å²) >= 11 is 0. The first-order valence-electron chi connectivity index (χ1n) is 4.79. The van der Waals surface area contributed by atoms with Gasteiger partial charge in [0.05, 0.1) is 13.2 Å². The van der Waals surface area contributed by atoms with Crippen LogP contribution in [0, 0.1) is 5.92 Å². The van der Waals surface area contributed by atoms with Gasteiger partial charge in [-0.25, -0.2) is 0 Å². The fourth-order valence-electron chi connectivity index (χ4n) is 0.907. The molecule has 0 amide bonds. The van der Waals surface area contributed by atoms with Crippen molar-refractivity contribution in [3.05, 3.63) is 24.8 Å². The summed E-state index contributed by atoms with van der Waals surface area (Å²) in [7, 11) is 0. The van der Waals surface area contributed by atoms with Crippen molar-refractivity contribution in [1.29, 1.82) is 0 Å². The van der Waals surface area contributed by atoms with Gasteiger partial charge < -0.3 is 9.47 Å². The Labute approximate surface area is 89.6 Å². The fourth-order valence-corrected chi connectivity index (χ4v) is 0.907. The van der Waals surface area contributed by atoms with Gasteiger partial charge in [-0.15, -0.1) is 0 Å². The SMILES string of the molecule is C=C/C=C/C(C(=O)OCC)C(=O)OCC. The second kappa shape index (κ2) is 7.79. The number of esters is 2. The van der Waals surface area contributed by atoms with Gasteiger partial charge in [0.1, 0.15) is 0 Å².